The van der Waals surface area contributed by atoms with Gasteiger partial charge in [0.25, 0.3) is 5.91 Å². The number of fused-ring (bicyclic) bond motifs is 1. The van der Waals surface area contributed by atoms with E-state index in [9.17, 15) is 23.1 Å². The molecular formula is C28H33F4N7O3S. The summed E-state index contributed by atoms with van der Waals surface area (Å²) in [5.74, 6) is 5.20. The summed E-state index contributed by atoms with van der Waals surface area (Å²) in [5, 5.41) is 24.0. The van der Waals surface area contributed by atoms with Crippen molar-refractivity contribution < 1.29 is 32.2 Å². The number of nitrogens with zero attached hydrogens (tertiary/aromatic N) is 5. The number of aliphatic hydroxyl groups is 1. The van der Waals surface area contributed by atoms with Gasteiger partial charge in [-0.15, -0.1) is 0 Å². The van der Waals surface area contributed by atoms with Crippen molar-refractivity contribution in [1.29, 1.82) is 0 Å². The molecule has 5 rings (SSSR count). The third kappa shape index (κ3) is 7.43. The maximum absolute atomic E-state index is 15.2. The molecule has 1 amide bonds. The zero-order valence-electron chi connectivity index (χ0n) is 23.9. The van der Waals surface area contributed by atoms with Gasteiger partial charge >= 0.3 is 5.51 Å². The van der Waals surface area contributed by atoms with E-state index in [0.29, 0.717) is 32.0 Å². The Bertz CT molecular complexity index is 1530. The highest BCUT2D eigenvalue weighted by atomic mass is 32.2. The Hall–Kier alpha value is -3.32. The Kier molecular flexibility index (Phi) is 8.68. The van der Waals surface area contributed by atoms with Crippen LogP contribution in [0.25, 0.3) is 5.52 Å². The number of anilines is 1. The maximum atomic E-state index is 15.2. The lowest BCUT2D eigenvalue weighted by molar-refractivity contribution is -0.142. The molecule has 0 unspecified atom stereocenters. The average molecular weight is 624 g/mol. The summed E-state index contributed by atoms with van der Waals surface area (Å²) in [4.78, 5) is 14.4. The predicted molar refractivity (Wildman–Crippen MR) is 153 cm³/mol. The van der Waals surface area contributed by atoms with Crippen molar-refractivity contribution in [3.8, 4) is 11.8 Å². The molecule has 232 valence electrons. The molecule has 2 aliphatic heterocycles. The van der Waals surface area contributed by atoms with Crippen LogP contribution in [-0.2, 0) is 11.3 Å². The summed E-state index contributed by atoms with van der Waals surface area (Å²) in [7, 11) is 0. The van der Waals surface area contributed by atoms with Gasteiger partial charge in [-0.2, -0.15) is 23.4 Å². The van der Waals surface area contributed by atoms with Gasteiger partial charge in [0.2, 0.25) is 0 Å². The molecule has 0 aliphatic carbocycles. The van der Waals surface area contributed by atoms with Crippen molar-refractivity contribution in [3.05, 3.63) is 41.9 Å². The number of piperidine rings is 1. The first-order chi connectivity index (χ1) is 20.2. The number of carbonyl (C=O) groups excluding carboxylic acids is 1. The quantitative estimate of drug-likeness (QED) is 0.199. The van der Waals surface area contributed by atoms with Crippen LogP contribution in [-0.4, -0.2) is 97.0 Å². The number of hydrogen-bond donors (Lipinski definition) is 3. The molecule has 2 aliphatic rings. The molecule has 15 heteroatoms. The number of likely N-dealkylation sites (tertiary alicyclic amines) is 1. The fraction of sp³-hybridized carbons (Fsp3) is 0.536. The molecule has 5 heterocycles. The standard InChI is InChI=1S/C28H33F4N7O3S/c1-26(2,41)15-38-13-18(12-34-38)25(40)33-10-5-6-21-24(43-28(30,31)32)22-7-4-8-23(39(22)36-21)35-20-9-11-37(14-19(20)29)27(3)16-42-17-27/h4,7-8,12-13,19-20,35,41H,9-11,14-17H2,1-3H3,(H,33,40)/t19-,20+/m0/s1. The molecule has 0 aromatic carbocycles. The Balaban J connectivity index is 1.31. The number of hydrogen-bond acceptors (Lipinski definition) is 8. The summed E-state index contributed by atoms with van der Waals surface area (Å²) >= 11 is -0.326. The highest BCUT2D eigenvalue weighted by molar-refractivity contribution is 8.00. The number of pyridine rings is 1. The lowest BCUT2D eigenvalue weighted by atomic mass is 9.92. The SMILES string of the molecule is CC(C)(O)Cn1cc(C(=O)NCC#Cc2nn3c(N[C@@H]4CCN(C5(C)COC5)C[C@@H]4F)cccc3c2SC(F)(F)F)cn1. The van der Waals surface area contributed by atoms with Crippen molar-refractivity contribution in [2.75, 3.05) is 38.2 Å². The first kappa shape index (κ1) is 31.1. The van der Waals surface area contributed by atoms with Gasteiger partial charge in [-0.05, 0) is 57.0 Å². The van der Waals surface area contributed by atoms with Crippen LogP contribution < -0.4 is 10.6 Å². The highest BCUT2D eigenvalue weighted by Gasteiger charge is 2.43. The fourth-order valence-corrected chi connectivity index (χ4v) is 5.78. The van der Waals surface area contributed by atoms with Crippen LogP contribution in [0.2, 0.25) is 0 Å². The first-order valence-electron chi connectivity index (χ1n) is 13.7. The fourth-order valence-electron chi connectivity index (χ4n) is 5.10. The molecule has 0 bridgehead atoms. The summed E-state index contributed by atoms with van der Waals surface area (Å²) in [6.07, 6.45) is 2.12. The van der Waals surface area contributed by atoms with Gasteiger partial charge in [0.1, 0.15) is 17.7 Å². The van der Waals surface area contributed by atoms with E-state index in [-0.39, 0.29) is 58.6 Å². The van der Waals surface area contributed by atoms with Gasteiger partial charge in [0, 0.05) is 19.3 Å². The number of ether oxygens (including phenoxy) is 1. The molecule has 2 fully saturated rings. The van der Waals surface area contributed by atoms with Gasteiger partial charge in [-0.25, -0.2) is 8.91 Å². The van der Waals surface area contributed by atoms with Gasteiger partial charge < -0.3 is 20.5 Å². The third-order valence-corrected chi connectivity index (χ3v) is 8.12. The number of carbonyl (C=O) groups is 1. The van der Waals surface area contributed by atoms with E-state index < -0.39 is 29.2 Å². The second-order valence-corrected chi connectivity index (χ2v) is 12.7. The molecule has 2 atom stereocenters. The molecule has 3 aromatic heterocycles. The molecular weight excluding hydrogens is 590 g/mol. The van der Waals surface area contributed by atoms with E-state index in [2.05, 4.69) is 37.6 Å². The minimum atomic E-state index is -4.60. The Morgan fingerprint density at radius 3 is 2.72 bits per heavy atom. The van der Waals surface area contributed by atoms with Crippen LogP contribution in [0.15, 0.2) is 35.5 Å². The van der Waals surface area contributed by atoms with E-state index in [1.165, 1.54) is 27.7 Å². The minimum Gasteiger partial charge on any atom is -0.389 e. The van der Waals surface area contributed by atoms with Gasteiger partial charge in [-0.3, -0.25) is 14.4 Å². The van der Waals surface area contributed by atoms with Gasteiger partial charge in [-0.1, -0.05) is 12.0 Å². The van der Waals surface area contributed by atoms with Crippen LogP contribution >= 0.6 is 11.8 Å². The molecule has 0 saturated carbocycles. The topological polar surface area (TPSA) is 109 Å². The second-order valence-electron chi connectivity index (χ2n) is 11.6. The zero-order chi connectivity index (χ0) is 31.0. The average Bonchev–Trinajstić information content (AvgIpc) is 3.49. The van der Waals surface area contributed by atoms with Crippen LogP contribution in [0.5, 0.6) is 0 Å². The normalized spacial score (nSPS) is 20.7. The second kappa shape index (κ2) is 12.0. The van der Waals surface area contributed by atoms with Crippen LogP contribution in [0.1, 0.15) is 43.2 Å². The molecule has 43 heavy (non-hydrogen) atoms. The van der Waals surface area contributed by atoms with Crippen molar-refractivity contribution in [1.82, 2.24) is 29.6 Å². The summed E-state index contributed by atoms with van der Waals surface area (Å²) in [6, 6.07) is 4.17. The smallest absolute Gasteiger partial charge is 0.389 e. The van der Waals surface area contributed by atoms with Crippen molar-refractivity contribution in [2.24, 2.45) is 0 Å². The van der Waals surface area contributed by atoms with Gasteiger partial charge in [0.15, 0.2) is 0 Å². The Morgan fingerprint density at radius 1 is 1.30 bits per heavy atom. The number of aromatic nitrogens is 4. The van der Waals surface area contributed by atoms with E-state index in [0.717, 1.165) is 0 Å². The Labute approximate surface area is 250 Å². The molecule has 3 N–H and O–H groups in total. The van der Waals surface area contributed by atoms with E-state index in [1.807, 2.05) is 6.92 Å². The van der Waals surface area contributed by atoms with Crippen LogP contribution in [0.4, 0.5) is 23.4 Å². The minimum absolute atomic E-state index is 0.117. The van der Waals surface area contributed by atoms with Crippen LogP contribution in [0.3, 0.4) is 0 Å². The number of rotatable bonds is 8. The summed E-state index contributed by atoms with van der Waals surface area (Å²) < 4.78 is 63.9. The maximum Gasteiger partial charge on any atom is 0.446 e. The van der Waals surface area contributed by atoms with Crippen LogP contribution in [0, 0.1) is 11.8 Å². The summed E-state index contributed by atoms with van der Waals surface area (Å²) in [6.45, 7) is 7.30. The molecule has 0 radical (unpaired) electrons. The highest BCUT2D eigenvalue weighted by Crippen LogP contribution is 2.41. The van der Waals surface area contributed by atoms with E-state index >= 15 is 4.39 Å². The zero-order valence-corrected chi connectivity index (χ0v) is 24.7. The number of thioether (sulfide) groups is 1. The molecule has 3 aromatic rings. The van der Waals surface area contributed by atoms with Crippen molar-refractivity contribution in [2.45, 2.75) is 67.5 Å². The number of alkyl halides is 4. The third-order valence-electron chi connectivity index (χ3n) is 7.28. The monoisotopic (exact) mass is 623 g/mol. The van der Waals surface area contributed by atoms with Crippen molar-refractivity contribution in [3.63, 3.8) is 0 Å². The largest absolute Gasteiger partial charge is 0.446 e. The number of halogens is 4. The van der Waals surface area contributed by atoms with E-state index in [1.54, 1.807) is 26.0 Å². The number of nitrogens with one attached hydrogen (secondary N) is 2. The molecule has 2 saturated heterocycles. The first-order valence-corrected chi connectivity index (χ1v) is 14.6. The summed E-state index contributed by atoms with van der Waals surface area (Å²) in [5.41, 5.74) is -5.49. The van der Waals surface area contributed by atoms with Gasteiger partial charge in [0.05, 0.1) is 65.7 Å². The van der Waals surface area contributed by atoms with Crippen molar-refractivity contribution >= 4 is 29.0 Å². The van der Waals surface area contributed by atoms with E-state index in [4.69, 9.17) is 4.74 Å². The molecule has 10 nitrogen and oxygen atoms in total. The predicted octanol–water partition coefficient (Wildman–Crippen LogP) is 3.31. The Morgan fingerprint density at radius 2 is 2.07 bits per heavy atom. The lowest BCUT2D eigenvalue weighted by Crippen LogP contribution is -2.64. The molecule has 0 spiro atoms. The number of amides is 1. The lowest BCUT2D eigenvalue weighted by Gasteiger charge is -2.50.